The lowest BCUT2D eigenvalue weighted by molar-refractivity contribution is 0.0479. The molecule has 1 atom stereocenters. The summed E-state index contributed by atoms with van der Waals surface area (Å²) in [5.41, 5.74) is 1.64. The minimum absolute atomic E-state index is 0.0644. The van der Waals surface area contributed by atoms with Gasteiger partial charge in [0.05, 0.1) is 17.8 Å². The highest BCUT2D eigenvalue weighted by atomic mass is 16.2. The number of aromatic amines is 2. The zero-order chi connectivity index (χ0) is 16.2. The Morgan fingerprint density at radius 1 is 1.39 bits per heavy atom. The van der Waals surface area contributed by atoms with E-state index >= 15 is 0 Å². The van der Waals surface area contributed by atoms with Gasteiger partial charge in [-0.2, -0.15) is 5.10 Å². The third-order valence-electron chi connectivity index (χ3n) is 4.47. The smallest absolute Gasteiger partial charge is 0.257 e. The third-order valence-corrected chi connectivity index (χ3v) is 4.47. The molecule has 0 spiro atoms. The van der Waals surface area contributed by atoms with Crippen LogP contribution in [0.1, 0.15) is 48.2 Å². The first-order chi connectivity index (χ1) is 11.2. The number of hydrogen-bond acceptors (Lipinski definition) is 4. The Hall–Kier alpha value is -2.15. The fourth-order valence-corrected chi connectivity index (χ4v) is 3.21. The molecule has 1 aliphatic heterocycles. The van der Waals surface area contributed by atoms with Gasteiger partial charge < -0.3 is 9.88 Å². The Labute approximate surface area is 136 Å². The first-order valence-electron chi connectivity index (χ1n) is 8.29. The van der Waals surface area contributed by atoms with Crippen molar-refractivity contribution in [2.45, 2.75) is 32.7 Å². The minimum atomic E-state index is 0.0644. The minimum Gasteiger partial charge on any atom is -0.347 e. The normalized spacial score (nSPS) is 19.2. The number of carbonyl (C=O) groups excluding carboxylic acids is 1. The Bertz CT molecular complexity index is 635. The van der Waals surface area contributed by atoms with Gasteiger partial charge in [0.25, 0.3) is 5.91 Å². The maximum atomic E-state index is 12.9. The Balaban J connectivity index is 1.78. The highest BCUT2D eigenvalue weighted by Crippen LogP contribution is 2.24. The number of nitrogens with zero attached hydrogens (tertiary/aromatic N) is 4. The quantitative estimate of drug-likeness (QED) is 0.878. The van der Waals surface area contributed by atoms with E-state index in [2.05, 4.69) is 38.9 Å². The maximum Gasteiger partial charge on any atom is 0.257 e. The van der Waals surface area contributed by atoms with Crippen LogP contribution in [0, 0.1) is 0 Å². The molecular formula is C16H24N6O. The number of carbonyl (C=O) groups is 1. The van der Waals surface area contributed by atoms with Crippen LogP contribution in [0.5, 0.6) is 0 Å². The number of piperazine rings is 1. The molecule has 0 saturated carbocycles. The second-order valence-corrected chi connectivity index (χ2v) is 5.88. The maximum absolute atomic E-state index is 12.9. The number of rotatable bonds is 5. The van der Waals surface area contributed by atoms with E-state index in [1.807, 2.05) is 11.1 Å². The van der Waals surface area contributed by atoms with Gasteiger partial charge in [0.1, 0.15) is 5.82 Å². The van der Waals surface area contributed by atoms with E-state index in [4.69, 9.17) is 0 Å². The molecule has 124 valence electrons. The molecule has 1 fully saturated rings. The van der Waals surface area contributed by atoms with Gasteiger partial charge in [-0.25, -0.2) is 4.98 Å². The molecule has 7 heteroatoms. The van der Waals surface area contributed by atoms with Crippen LogP contribution in [0.2, 0.25) is 0 Å². The zero-order valence-corrected chi connectivity index (χ0v) is 13.7. The predicted molar refractivity (Wildman–Crippen MR) is 87.1 cm³/mol. The zero-order valence-electron chi connectivity index (χ0n) is 13.7. The van der Waals surface area contributed by atoms with Gasteiger partial charge in [0.2, 0.25) is 0 Å². The van der Waals surface area contributed by atoms with Crippen LogP contribution in [0.3, 0.4) is 0 Å². The fourth-order valence-electron chi connectivity index (χ4n) is 3.21. The van der Waals surface area contributed by atoms with E-state index in [1.54, 1.807) is 12.4 Å². The van der Waals surface area contributed by atoms with Gasteiger partial charge in [0, 0.05) is 37.7 Å². The number of nitrogens with one attached hydrogen (secondary N) is 2. The second kappa shape index (κ2) is 6.95. The van der Waals surface area contributed by atoms with Crippen molar-refractivity contribution >= 4 is 5.91 Å². The molecule has 0 radical (unpaired) electrons. The number of aromatic nitrogens is 4. The number of hydrogen-bond donors (Lipinski definition) is 2. The van der Waals surface area contributed by atoms with Crippen LogP contribution >= 0.6 is 0 Å². The molecule has 1 amide bonds. The lowest BCUT2D eigenvalue weighted by Gasteiger charge is -2.40. The summed E-state index contributed by atoms with van der Waals surface area (Å²) in [5, 5.41) is 7.01. The van der Waals surface area contributed by atoms with Crippen LogP contribution < -0.4 is 0 Å². The first-order valence-corrected chi connectivity index (χ1v) is 8.29. The van der Waals surface area contributed by atoms with Gasteiger partial charge >= 0.3 is 0 Å². The van der Waals surface area contributed by atoms with Gasteiger partial charge in [-0.15, -0.1) is 0 Å². The number of H-pyrrole nitrogens is 2. The summed E-state index contributed by atoms with van der Waals surface area (Å²) in [6, 6.07) is 0.120. The molecule has 0 bridgehead atoms. The van der Waals surface area contributed by atoms with E-state index in [1.165, 1.54) is 0 Å². The van der Waals surface area contributed by atoms with Crippen LogP contribution in [0.25, 0.3) is 0 Å². The molecule has 0 aliphatic carbocycles. The first kappa shape index (κ1) is 15.7. The summed E-state index contributed by atoms with van der Waals surface area (Å²) in [5.74, 6) is 0.986. The molecule has 0 aromatic carbocycles. The van der Waals surface area contributed by atoms with Crippen molar-refractivity contribution in [3.8, 4) is 0 Å². The Kier molecular flexibility index (Phi) is 4.76. The van der Waals surface area contributed by atoms with E-state index < -0.39 is 0 Å². The third kappa shape index (κ3) is 3.14. The summed E-state index contributed by atoms with van der Waals surface area (Å²) in [7, 11) is 0. The molecule has 3 rings (SSSR count). The van der Waals surface area contributed by atoms with E-state index in [0.717, 1.165) is 44.0 Å². The molecule has 23 heavy (non-hydrogen) atoms. The molecule has 0 unspecified atom stereocenters. The molecule has 1 aliphatic rings. The molecule has 3 heterocycles. The number of likely N-dealkylation sites (N-methyl/N-ethyl adjacent to an activating group) is 1. The topological polar surface area (TPSA) is 80.9 Å². The molecular weight excluding hydrogens is 292 g/mol. The van der Waals surface area contributed by atoms with Gasteiger partial charge in [-0.1, -0.05) is 20.3 Å². The monoisotopic (exact) mass is 316 g/mol. The van der Waals surface area contributed by atoms with Crippen molar-refractivity contribution in [1.82, 2.24) is 30.0 Å². The summed E-state index contributed by atoms with van der Waals surface area (Å²) >= 11 is 0. The summed E-state index contributed by atoms with van der Waals surface area (Å²) < 4.78 is 0. The van der Waals surface area contributed by atoms with Gasteiger partial charge in [-0.3, -0.25) is 14.8 Å². The standard InChI is InChI=1S/C16H24N6O/c1-3-5-13-12(10-19-20-13)16(23)22-9-8-21(4-2)14(11-22)15-17-6-7-18-15/h6-7,10,14H,3-5,8-9,11H2,1-2H3,(H,17,18)(H,19,20)/t14-/m0/s1. The average molecular weight is 316 g/mol. The molecule has 1 saturated heterocycles. The van der Waals surface area contributed by atoms with E-state index in [0.29, 0.717) is 12.1 Å². The number of aryl methyl sites for hydroxylation is 1. The number of amides is 1. The van der Waals surface area contributed by atoms with E-state index in [-0.39, 0.29) is 11.9 Å². The summed E-state index contributed by atoms with van der Waals surface area (Å²) in [6.07, 6.45) is 7.08. The lowest BCUT2D eigenvalue weighted by Crippen LogP contribution is -2.50. The second-order valence-electron chi connectivity index (χ2n) is 5.88. The largest absolute Gasteiger partial charge is 0.347 e. The SMILES string of the molecule is CCCc1[nH]ncc1C(=O)N1CCN(CC)[C@H](c2ncc[nH]2)C1. The van der Waals surface area contributed by atoms with Gasteiger partial charge in [-0.05, 0) is 13.0 Å². The van der Waals surface area contributed by atoms with Crippen molar-refractivity contribution in [2.75, 3.05) is 26.2 Å². The predicted octanol–water partition coefficient (Wildman–Crippen LogP) is 1.60. The molecule has 2 aromatic rings. The lowest BCUT2D eigenvalue weighted by atomic mass is 10.1. The highest BCUT2D eigenvalue weighted by Gasteiger charge is 2.32. The van der Waals surface area contributed by atoms with Crippen molar-refractivity contribution < 1.29 is 4.79 Å². The highest BCUT2D eigenvalue weighted by molar-refractivity contribution is 5.95. The molecule has 2 N–H and O–H groups in total. The summed E-state index contributed by atoms with van der Waals surface area (Å²) in [4.78, 5) is 24.7. The fraction of sp³-hybridized carbons (Fsp3) is 0.562. The Morgan fingerprint density at radius 2 is 2.26 bits per heavy atom. The van der Waals surface area contributed by atoms with Crippen molar-refractivity contribution in [3.05, 3.63) is 35.7 Å². The van der Waals surface area contributed by atoms with Crippen LogP contribution in [0.15, 0.2) is 18.6 Å². The van der Waals surface area contributed by atoms with Crippen LogP contribution in [0.4, 0.5) is 0 Å². The van der Waals surface area contributed by atoms with E-state index in [9.17, 15) is 4.79 Å². The summed E-state index contributed by atoms with van der Waals surface area (Å²) in [6.45, 7) is 7.43. The van der Waals surface area contributed by atoms with Crippen LogP contribution in [-0.4, -0.2) is 62.1 Å². The average Bonchev–Trinajstić information content (AvgIpc) is 3.25. The van der Waals surface area contributed by atoms with Crippen molar-refractivity contribution in [1.29, 1.82) is 0 Å². The van der Waals surface area contributed by atoms with Crippen molar-refractivity contribution in [2.24, 2.45) is 0 Å². The van der Waals surface area contributed by atoms with Crippen LogP contribution in [-0.2, 0) is 6.42 Å². The van der Waals surface area contributed by atoms with Crippen molar-refractivity contribution in [3.63, 3.8) is 0 Å². The molecule has 7 nitrogen and oxygen atoms in total. The number of imidazole rings is 1. The Morgan fingerprint density at radius 3 is 2.96 bits per heavy atom. The molecule has 2 aromatic heterocycles. The van der Waals surface area contributed by atoms with Gasteiger partial charge in [0.15, 0.2) is 0 Å².